The van der Waals surface area contributed by atoms with Crippen LogP contribution in [0.25, 0.3) is 0 Å². The number of rotatable bonds is 1. The molecule has 0 aliphatic rings. The van der Waals surface area contributed by atoms with Gasteiger partial charge in [0.15, 0.2) is 0 Å². The van der Waals surface area contributed by atoms with E-state index in [0.29, 0.717) is 8.17 Å². The van der Waals surface area contributed by atoms with E-state index in [-0.39, 0.29) is 10.7 Å². The predicted octanol–water partition coefficient (Wildman–Crippen LogP) is 4.04. The number of hydrogen-bond donors (Lipinski definition) is 0. The van der Waals surface area contributed by atoms with Gasteiger partial charge in [0.25, 0.3) is 6.43 Å². The fourth-order valence-corrected chi connectivity index (χ4v) is 1.68. The summed E-state index contributed by atoms with van der Waals surface area (Å²) < 4.78 is 25.5. The highest BCUT2D eigenvalue weighted by Gasteiger charge is 2.15. The zero-order chi connectivity index (χ0) is 9.30. The standard InChI is InChI=1S/C6H2BrClF2IN/c7-4-3(11)1-2(6(9)10)5(8)12-4/h1,6H. The summed E-state index contributed by atoms with van der Waals surface area (Å²) >= 11 is 10.5. The van der Waals surface area contributed by atoms with Crippen LogP contribution in [-0.4, -0.2) is 4.98 Å². The minimum absolute atomic E-state index is 0.155. The number of nitrogens with zero attached hydrogens (tertiary/aromatic N) is 1. The third-order valence-electron chi connectivity index (χ3n) is 1.15. The lowest BCUT2D eigenvalue weighted by Gasteiger charge is -2.03. The second-order valence-electron chi connectivity index (χ2n) is 1.94. The molecule has 0 N–H and O–H groups in total. The molecule has 1 nitrogen and oxygen atoms in total. The van der Waals surface area contributed by atoms with E-state index in [9.17, 15) is 8.78 Å². The number of hydrogen-bond acceptors (Lipinski definition) is 1. The van der Waals surface area contributed by atoms with Gasteiger partial charge in [0.05, 0.1) is 5.56 Å². The van der Waals surface area contributed by atoms with Crippen LogP contribution in [0, 0.1) is 3.57 Å². The zero-order valence-corrected chi connectivity index (χ0v) is 9.99. The van der Waals surface area contributed by atoms with Gasteiger partial charge in [-0.2, -0.15) is 0 Å². The van der Waals surface area contributed by atoms with E-state index in [4.69, 9.17) is 11.6 Å². The van der Waals surface area contributed by atoms with Crippen molar-refractivity contribution in [1.82, 2.24) is 4.98 Å². The van der Waals surface area contributed by atoms with Gasteiger partial charge >= 0.3 is 0 Å². The van der Waals surface area contributed by atoms with E-state index in [2.05, 4.69) is 20.9 Å². The van der Waals surface area contributed by atoms with Crippen molar-refractivity contribution >= 4 is 50.1 Å². The molecular formula is C6H2BrClF2IN. The largest absolute Gasteiger partial charge is 0.266 e. The summed E-state index contributed by atoms with van der Waals surface area (Å²) in [5, 5.41) is -0.155. The van der Waals surface area contributed by atoms with Gasteiger partial charge in [-0.25, -0.2) is 13.8 Å². The van der Waals surface area contributed by atoms with Gasteiger partial charge in [-0.05, 0) is 44.6 Å². The van der Waals surface area contributed by atoms with Crippen LogP contribution in [0.5, 0.6) is 0 Å². The molecule has 66 valence electrons. The molecule has 0 saturated heterocycles. The van der Waals surface area contributed by atoms with Crippen molar-refractivity contribution in [2.24, 2.45) is 0 Å². The monoisotopic (exact) mass is 367 g/mol. The Morgan fingerprint density at radius 3 is 2.67 bits per heavy atom. The predicted molar refractivity (Wildman–Crippen MR) is 54.6 cm³/mol. The Labute approximate surface area is 94.8 Å². The Hall–Kier alpha value is 0.510. The molecule has 6 heteroatoms. The third-order valence-corrected chi connectivity index (χ3v) is 3.62. The van der Waals surface area contributed by atoms with Crippen molar-refractivity contribution in [3.8, 4) is 0 Å². The van der Waals surface area contributed by atoms with Crippen molar-refractivity contribution in [2.75, 3.05) is 0 Å². The second-order valence-corrected chi connectivity index (χ2v) is 4.21. The highest BCUT2D eigenvalue weighted by atomic mass is 127. The van der Waals surface area contributed by atoms with Crippen molar-refractivity contribution in [3.05, 3.63) is 25.0 Å². The van der Waals surface area contributed by atoms with Gasteiger partial charge in [0.1, 0.15) is 9.76 Å². The van der Waals surface area contributed by atoms with Gasteiger partial charge in [-0.1, -0.05) is 11.6 Å². The Bertz CT molecular complexity index is 308. The molecule has 1 rings (SSSR count). The molecule has 0 atom stereocenters. The molecule has 0 aliphatic carbocycles. The molecule has 0 fully saturated rings. The lowest BCUT2D eigenvalue weighted by molar-refractivity contribution is 0.151. The van der Waals surface area contributed by atoms with Crippen LogP contribution < -0.4 is 0 Å². The quantitative estimate of drug-likeness (QED) is 0.539. The average Bonchev–Trinajstić information content (AvgIpc) is 1.96. The molecule has 0 spiro atoms. The summed E-state index contributed by atoms with van der Waals surface area (Å²) in [5.41, 5.74) is -0.232. The lowest BCUT2D eigenvalue weighted by Crippen LogP contribution is -1.92. The fraction of sp³-hybridized carbons (Fsp3) is 0.167. The van der Waals surface area contributed by atoms with Crippen LogP contribution in [0.2, 0.25) is 5.15 Å². The minimum Gasteiger partial charge on any atom is -0.228 e. The van der Waals surface area contributed by atoms with Crippen LogP contribution in [0.3, 0.4) is 0 Å². The summed E-state index contributed by atoms with van der Waals surface area (Å²) in [5.74, 6) is 0. The smallest absolute Gasteiger partial charge is 0.228 e. The number of alkyl halides is 2. The maximum atomic E-state index is 12.2. The normalized spacial score (nSPS) is 10.8. The van der Waals surface area contributed by atoms with Crippen LogP contribution in [0.15, 0.2) is 10.7 Å². The van der Waals surface area contributed by atoms with Crippen LogP contribution in [0.4, 0.5) is 8.78 Å². The minimum atomic E-state index is -2.58. The van der Waals surface area contributed by atoms with Crippen molar-refractivity contribution < 1.29 is 8.78 Å². The number of halogens is 5. The fourth-order valence-electron chi connectivity index (χ4n) is 0.613. The molecule has 1 heterocycles. The van der Waals surface area contributed by atoms with Gasteiger partial charge < -0.3 is 0 Å². The van der Waals surface area contributed by atoms with Gasteiger partial charge in [-0.15, -0.1) is 0 Å². The SMILES string of the molecule is FC(F)c1cc(I)c(Br)nc1Cl. The molecule has 0 saturated carbocycles. The molecule has 0 aliphatic heterocycles. The van der Waals surface area contributed by atoms with Gasteiger partial charge in [0, 0.05) is 3.57 Å². The van der Waals surface area contributed by atoms with E-state index in [1.807, 2.05) is 22.6 Å². The summed E-state index contributed by atoms with van der Waals surface area (Å²) in [4.78, 5) is 3.69. The van der Waals surface area contributed by atoms with E-state index < -0.39 is 6.43 Å². The molecule has 1 aromatic heterocycles. The first-order valence-corrected chi connectivity index (χ1v) is 5.07. The molecule has 0 radical (unpaired) electrons. The Morgan fingerprint density at radius 2 is 2.17 bits per heavy atom. The van der Waals surface area contributed by atoms with Crippen LogP contribution >= 0.6 is 50.1 Å². The van der Waals surface area contributed by atoms with Crippen molar-refractivity contribution in [3.63, 3.8) is 0 Å². The summed E-state index contributed by atoms with van der Waals surface area (Å²) in [6, 6.07) is 1.31. The van der Waals surface area contributed by atoms with E-state index >= 15 is 0 Å². The second kappa shape index (κ2) is 4.15. The summed E-state index contributed by atoms with van der Waals surface area (Å²) in [6.07, 6.45) is -2.58. The highest BCUT2D eigenvalue weighted by molar-refractivity contribution is 14.1. The van der Waals surface area contributed by atoms with Crippen LogP contribution in [0.1, 0.15) is 12.0 Å². The van der Waals surface area contributed by atoms with E-state index in [1.165, 1.54) is 6.07 Å². The van der Waals surface area contributed by atoms with E-state index in [0.717, 1.165) is 0 Å². The van der Waals surface area contributed by atoms with Crippen molar-refractivity contribution in [2.45, 2.75) is 6.43 Å². The first kappa shape index (κ1) is 10.6. The number of pyridine rings is 1. The molecule has 0 aromatic carbocycles. The molecule has 0 unspecified atom stereocenters. The molecule has 1 aromatic rings. The number of aromatic nitrogens is 1. The zero-order valence-electron chi connectivity index (χ0n) is 5.49. The highest BCUT2D eigenvalue weighted by Crippen LogP contribution is 2.29. The Kier molecular flexibility index (Phi) is 3.66. The maximum Gasteiger partial charge on any atom is 0.266 e. The topological polar surface area (TPSA) is 12.9 Å². The molecule has 0 bridgehead atoms. The summed E-state index contributed by atoms with van der Waals surface area (Å²) in [6.45, 7) is 0. The lowest BCUT2D eigenvalue weighted by atomic mass is 10.3. The molecule has 0 amide bonds. The first-order chi connectivity index (χ1) is 5.52. The third kappa shape index (κ3) is 2.26. The summed E-state index contributed by atoms with van der Waals surface area (Å²) in [7, 11) is 0. The molecular weight excluding hydrogens is 366 g/mol. The Balaban J connectivity index is 3.23. The van der Waals surface area contributed by atoms with Crippen molar-refractivity contribution in [1.29, 1.82) is 0 Å². The Morgan fingerprint density at radius 1 is 1.58 bits per heavy atom. The molecule has 12 heavy (non-hydrogen) atoms. The average molecular weight is 368 g/mol. The van der Waals surface area contributed by atoms with E-state index in [1.54, 1.807) is 0 Å². The first-order valence-electron chi connectivity index (χ1n) is 2.82. The maximum absolute atomic E-state index is 12.2. The van der Waals surface area contributed by atoms with Gasteiger partial charge in [0.2, 0.25) is 0 Å². The van der Waals surface area contributed by atoms with Crippen LogP contribution in [-0.2, 0) is 0 Å². The van der Waals surface area contributed by atoms with Gasteiger partial charge in [-0.3, -0.25) is 0 Å².